The topological polar surface area (TPSA) is 12.5 Å². The molecule has 2 atom stereocenters. The lowest BCUT2D eigenvalue weighted by Crippen LogP contribution is -2.37. The third-order valence-electron chi connectivity index (χ3n) is 5.98. The van der Waals surface area contributed by atoms with Crippen molar-refractivity contribution in [1.29, 1.82) is 0 Å². The summed E-state index contributed by atoms with van der Waals surface area (Å²) < 4.78 is 6.00. The molecule has 27 heavy (non-hydrogen) atoms. The summed E-state index contributed by atoms with van der Waals surface area (Å²) in [5.74, 6) is 1.31. The highest BCUT2D eigenvalue weighted by molar-refractivity contribution is 5.21. The monoisotopic (exact) mass is 365 g/mol. The van der Waals surface area contributed by atoms with Crippen LogP contribution in [0.2, 0.25) is 0 Å². The molecule has 2 heteroatoms. The first-order chi connectivity index (χ1) is 13.1. The van der Waals surface area contributed by atoms with Gasteiger partial charge in [0.15, 0.2) is 0 Å². The highest BCUT2D eigenvalue weighted by Crippen LogP contribution is 2.40. The molecule has 3 rings (SSSR count). The zero-order valence-electron chi connectivity index (χ0n) is 17.2. The highest BCUT2D eigenvalue weighted by atomic mass is 16.5. The summed E-state index contributed by atoms with van der Waals surface area (Å²) in [7, 11) is 0. The lowest BCUT2D eigenvalue weighted by atomic mass is 9.75. The van der Waals surface area contributed by atoms with Gasteiger partial charge < -0.3 is 4.74 Å². The van der Waals surface area contributed by atoms with Crippen molar-refractivity contribution in [3.8, 4) is 0 Å². The normalized spacial score (nSPS) is 20.5. The van der Waals surface area contributed by atoms with Crippen LogP contribution in [0.1, 0.15) is 57.1 Å². The van der Waals surface area contributed by atoms with E-state index in [0.29, 0.717) is 11.8 Å². The molecule has 146 valence electrons. The van der Waals surface area contributed by atoms with Crippen LogP contribution in [0.3, 0.4) is 0 Å². The van der Waals surface area contributed by atoms with E-state index in [4.69, 9.17) is 4.74 Å². The Bertz CT molecular complexity index is 667. The summed E-state index contributed by atoms with van der Waals surface area (Å²) in [6.07, 6.45) is 3.54. The van der Waals surface area contributed by atoms with Crippen LogP contribution in [0.4, 0.5) is 0 Å². The molecule has 0 N–H and O–H groups in total. The van der Waals surface area contributed by atoms with Gasteiger partial charge in [-0.25, -0.2) is 0 Å². The molecule has 1 aliphatic rings. The van der Waals surface area contributed by atoms with Crippen LogP contribution in [0.25, 0.3) is 0 Å². The van der Waals surface area contributed by atoms with Crippen LogP contribution in [0, 0.1) is 5.92 Å². The van der Waals surface area contributed by atoms with Crippen LogP contribution < -0.4 is 0 Å². The molecule has 1 fully saturated rings. The van der Waals surface area contributed by atoms with Gasteiger partial charge in [-0.3, -0.25) is 4.90 Å². The van der Waals surface area contributed by atoms with Gasteiger partial charge in [0.2, 0.25) is 0 Å². The summed E-state index contributed by atoms with van der Waals surface area (Å²) in [4.78, 5) is 2.58. The number of ether oxygens (including phenoxy) is 1. The van der Waals surface area contributed by atoms with E-state index in [-0.39, 0.29) is 5.60 Å². The van der Waals surface area contributed by atoms with Gasteiger partial charge in [0, 0.05) is 13.2 Å². The SMILES string of the molecule is CCN(CC[C@H](c1ccccc1)[C@@H]1CCOC(C)(C)C1)Cc1ccccc1. The summed E-state index contributed by atoms with van der Waals surface area (Å²) in [5, 5.41) is 0. The van der Waals surface area contributed by atoms with Crippen molar-refractivity contribution < 1.29 is 4.74 Å². The van der Waals surface area contributed by atoms with Gasteiger partial charge in [0.25, 0.3) is 0 Å². The Kier molecular flexibility index (Phi) is 7.09. The van der Waals surface area contributed by atoms with Crippen molar-refractivity contribution in [3.05, 3.63) is 71.8 Å². The largest absolute Gasteiger partial charge is 0.376 e. The molecule has 1 heterocycles. The van der Waals surface area contributed by atoms with Crippen molar-refractivity contribution in [2.45, 2.75) is 58.1 Å². The Labute approximate surface area is 165 Å². The molecule has 2 aromatic carbocycles. The standard InChI is InChI=1S/C25H35NO/c1-4-26(20-21-11-7-5-8-12-21)17-15-24(22-13-9-6-10-14-22)23-16-18-27-25(2,3)19-23/h5-14,23-24H,4,15-20H2,1-3H3/t23-,24-/m1/s1. The van der Waals surface area contributed by atoms with E-state index >= 15 is 0 Å². The second-order valence-corrected chi connectivity index (χ2v) is 8.52. The molecule has 0 bridgehead atoms. The molecule has 0 amide bonds. The summed E-state index contributed by atoms with van der Waals surface area (Å²) >= 11 is 0. The van der Waals surface area contributed by atoms with E-state index < -0.39 is 0 Å². The maximum absolute atomic E-state index is 6.00. The minimum absolute atomic E-state index is 0.00439. The average Bonchev–Trinajstić information content (AvgIpc) is 2.68. The molecule has 0 unspecified atom stereocenters. The van der Waals surface area contributed by atoms with E-state index in [0.717, 1.165) is 32.7 Å². The number of nitrogens with zero attached hydrogens (tertiary/aromatic N) is 1. The second kappa shape index (κ2) is 9.52. The van der Waals surface area contributed by atoms with Gasteiger partial charge >= 0.3 is 0 Å². The molecule has 0 radical (unpaired) electrons. The van der Waals surface area contributed by atoms with Crippen LogP contribution in [-0.4, -0.2) is 30.2 Å². The smallest absolute Gasteiger partial charge is 0.0629 e. The first-order valence-electron chi connectivity index (χ1n) is 10.5. The van der Waals surface area contributed by atoms with Crippen molar-refractivity contribution in [2.75, 3.05) is 19.7 Å². The third kappa shape index (κ3) is 5.92. The van der Waals surface area contributed by atoms with Crippen molar-refractivity contribution in [3.63, 3.8) is 0 Å². The summed E-state index contributed by atoms with van der Waals surface area (Å²) in [6, 6.07) is 22.0. The van der Waals surface area contributed by atoms with Crippen molar-refractivity contribution >= 4 is 0 Å². The van der Waals surface area contributed by atoms with Crippen LogP contribution in [0.5, 0.6) is 0 Å². The Balaban J connectivity index is 1.69. The zero-order chi connectivity index (χ0) is 19.1. The minimum Gasteiger partial charge on any atom is -0.376 e. The predicted octanol–water partition coefficient (Wildman–Crippen LogP) is 5.89. The van der Waals surface area contributed by atoms with Crippen LogP contribution in [0.15, 0.2) is 60.7 Å². The molecule has 0 spiro atoms. The fourth-order valence-corrected chi connectivity index (χ4v) is 4.51. The number of hydrogen-bond acceptors (Lipinski definition) is 2. The molecule has 0 aliphatic carbocycles. The van der Waals surface area contributed by atoms with Gasteiger partial charge in [0.05, 0.1) is 5.60 Å². The molecule has 2 aromatic rings. The Hall–Kier alpha value is -1.64. The van der Waals surface area contributed by atoms with E-state index in [2.05, 4.69) is 86.3 Å². The fraction of sp³-hybridized carbons (Fsp3) is 0.520. The molecule has 1 aliphatic heterocycles. The zero-order valence-corrected chi connectivity index (χ0v) is 17.2. The van der Waals surface area contributed by atoms with E-state index in [1.54, 1.807) is 0 Å². The minimum atomic E-state index is 0.00439. The van der Waals surface area contributed by atoms with Gasteiger partial charge in [-0.2, -0.15) is 0 Å². The Morgan fingerprint density at radius 3 is 2.33 bits per heavy atom. The maximum atomic E-state index is 6.00. The molecule has 1 saturated heterocycles. The summed E-state index contributed by atoms with van der Waals surface area (Å²) in [6.45, 7) is 10.9. The van der Waals surface area contributed by atoms with Crippen LogP contribution >= 0.6 is 0 Å². The first-order valence-corrected chi connectivity index (χ1v) is 10.5. The van der Waals surface area contributed by atoms with Crippen LogP contribution in [-0.2, 0) is 11.3 Å². The van der Waals surface area contributed by atoms with Gasteiger partial charge in [0.1, 0.15) is 0 Å². The van der Waals surface area contributed by atoms with Crippen molar-refractivity contribution in [1.82, 2.24) is 4.90 Å². The van der Waals surface area contributed by atoms with E-state index in [9.17, 15) is 0 Å². The number of benzene rings is 2. The van der Waals surface area contributed by atoms with Gasteiger partial charge in [-0.15, -0.1) is 0 Å². The number of rotatable bonds is 8. The molecule has 0 aromatic heterocycles. The molecular formula is C25H35NO. The molecular weight excluding hydrogens is 330 g/mol. The van der Waals surface area contributed by atoms with Crippen molar-refractivity contribution in [2.24, 2.45) is 5.92 Å². The number of hydrogen-bond donors (Lipinski definition) is 0. The molecule has 0 saturated carbocycles. The first kappa shape index (κ1) is 20.1. The Morgan fingerprint density at radius 1 is 1.04 bits per heavy atom. The highest BCUT2D eigenvalue weighted by Gasteiger charge is 2.34. The summed E-state index contributed by atoms with van der Waals surface area (Å²) in [5.41, 5.74) is 2.91. The van der Waals surface area contributed by atoms with E-state index in [1.165, 1.54) is 24.0 Å². The predicted molar refractivity (Wildman–Crippen MR) is 114 cm³/mol. The lowest BCUT2D eigenvalue weighted by Gasteiger charge is -2.40. The Morgan fingerprint density at radius 2 is 1.70 bits per heavy atom. The average molecular weight is 366 g/mol. The van der Waals surface area contributed by atoms with Gasteiger partial charge in [-0.1, -0.05) is 67.6 Å². The fourth-order valence-electron chi connectivity index (χ4n) is 4.51. The lowest BCUT2D eigenvalue weighted by molar-refractivity contribution is -0.0775. The van der Waals surface area contributed by atoms with Gasteiger partial charge in [-0.05, 0) is 69.2 Å². The maximum Gasteiger partial charge on any atom is 0.0629 e. The quantitative estimate of drug-likeness (QED) is 0.578. The third-order valence-corrected chi connectivity index (χ3v) is 5.98. The molecule has 2 nitrogen and oxygen atoms in total. The second-order valence-electron chi connectivity index (χ2n) is 8.52. The van der Waals surface area contributed by atoms with E-state index in [1.807, 2.05) is 0 Å².